The monoisotopic (exact) mass is 375 g/mol. The van der Waals surface area contributed by atoms with Gasteiger partial charge >= 0.3 is 6.09 Å². The fraction of sp³-hybridized carbons (Fsp3) is 0.688. The summed E-state index contributed by atoms with van der Waals surface area (Å²) >= 11 is 11.7. The molecule has 8 heteroatoms. The zero-order valence-corrected chi connectivity index (χ0v) is 15.7. The van der Waals surface area contributed by atoms with Gasteiger partial charge in [0.15, 0.2) is 0 Å². The van der Waals surface area contributed by atoms with Crippen LogP contribution in [0.5, 0.6) is 0 Å². The SMILES string of the molecule is CC(C)(C)OC(=O)N1CCCC[C@@H]1COCc1cnc(Cl)nc1Cl. The topological polar surface area (TPSA) is 64.5 Å². The summed E-state index contributed by atoms with van der Waals surface area (Å²) in [7, 11) is 0. The summed E-state index contributed by atoms with van der Waals surface area (Å²) in [6, 6.07) is 0.000550. The molecule has 1 amide bonds. The number of likely N-dealkylation sites (tertiary alicyclic amines) is 1. The fourth-order valence-corrected chi connectivity index (χ4v) is 2.86. The van der Waals surface area contributed by atoms with E-state index in [1.807, 2.05) is 20.8 Å². The molecular weight excluding hydrogens is 353 g/mol. The molecule has 0 N–H and O–H groups in total. The number of hydrogen-bond donors (Lipinski definition) is 0. The van der Waals surface area contributed by atoms with Gasteiger partial charge in [0.1, 0.15) is 10.8 Å². The lowest BCUT2D eigenvalue weighted by atomic mass is 10.0. The lowest BCUT2D eigenvalue weighted by Gasteiger charge is -2.36. The fourth-order valence-electron chi connectivity index (χ4n) is 2.50. The van der Waals surface area contributed by atoms with Gasteiger partial charge in [-0.1, -0.05) is 11.6 Å². The van der Waals surface area contributed by atoms with E-state index >= 15 is 0 Å². The molecule has 1 saturated heterocycles. The molecule has 0 aliphatic carbocycles. The van der Waals surface area contributed by atoms with E-state index in [1.54, 1.807) is 11.1 Å². The third-order valence-electron chi connectivity index (χ3n) is 3.61. The molecule has 0 bridgehead atoms. The van der Waals surface area contributed by atoms with Crippen molar-refractivity contribution >= 4 is 29.3 Å². The van der Waals surface area contributed by atoms with Crippen LogP contribution in [0.2, 0.25) is 10.4 Å². The molecule has 2 heterocycles. The quantitative estimate of drug-likeness (QED) is 0.585. The predicted molar refractivity (Wildman–Crippen MR) is 92.3 cm³/mol. The van der Waals surface area contributed by atoms with Gasteiger partial charge < -0.3 is 14.4 Å². The van der Waals surface area contributed by atoms with E-state index in [9.17, 15) is 4.79 Å². The van der Waals surface area contributed by atoms with Crippen LogP contribution in [0.4, 0.5) is 4.79 Å². The van der Waals surface area contributed by atoms with Crippen molar-refractivity contribution in [2.75, 3.05) is 13.2 Å². The van der Waals surface area contributed by atoms with Gasteiger partial charge in [0.25, 0.3) is 0 Å². The second-order valence-corrected chi connectivity index (χ2v) is 7.49. The highest BCUT2D eigenvalue weighted by molar-refractivity contribution is 6.32. The Kier molecular flexibility index (Phi) is 6.66. The molecule has 24 heavy (non-hydrogen) atoms. The maximum atomic E-state index is 12.3. The predicted octanol–water partition coefficient (Wildman–Crippen LogP) is 4.09. The van der Waals surface area contributed by atoms with E-state index in [4.69, 9.17) is 32.7 Å². The number of halogens is 2. The van der Waals surface area contributed by atoms with Gasteiger partial charge in [-0.3, -0.25) is 0 Å². The summed E-state index contributed by atoms with van der Waals surface area (Å²) in [6.07, 6.45) is 4.20. The Morgan fingerprint density at radius 2 is 2.12 bits per heavy atom. The summed E-state index contributed by atoms with van der Waals surface area (Å²) in [4.78, 5) is 21.9. The number of amides is 1. The molecule has 1 atom stereocenters. The maximum absolute atomic E-state index is 12.3. The molecule has 1 aliphatic heterocycles. The highest BCUT2D eigenvalue weighted by Crippen LogP contribution is 2.22. The van der Waals surface area contributed by atoms with Crippen LogP contribution >= 0.6 is 23.2 Å². The summed E-state index contributed by atoms with van der Waals surface area (Å²) in [5, 5.41) is 0.384. The molecule has 6 nitrogen and oxygen atoms in total. The van der Waals surface area contributed by atoms with Crippen LogP contribution < -0.4 is 0 Å². The summed E-state index contributed by atoms with van der Waals surface area (Å²) < 4.78 is 11.2. The van der Waals surface area contributed by atoms with E-state index in [0.29, 0.717) is 18.7 Å². The number of aromatic nitrogens is 2. The Morgan fingerprint density at radius 3 is 2.79 bits per heavy atom. The molecule has 0 spiro atoms. The molecule has 0 radical (unpaired) electrons. The van der Waals surface area contributed by atoms with Crippen LogP contribution in [0.3, 0.4) is 0 Å². The summed E-state index contributed by atoms with van der Waals surface area (Å²) in [5.41, 5.74) is 0.161. The normalized spacial score (nSPS) is 18.5. The van der Waals surface area contributed by atoms with Gasteiger partial charge in [-0.05, 0) is 51.6 Å². The number of carbonyl (C=O) groups is 1. The Hall–Kier alpha value is -1.11. The van der Waals surface area contributed by atoms with Gasteiger partial charge in [0.2, 0.25) is 5.28 Å². The van der Waals surface area contributed by atoms with Crippen molar-refractivity contribution in [1.29, 1.82) is 0 Å². The molecule has 1 aromatic rings. The van der Waals surface area contributed by atoms with Gasteiger partial charge in [-0.25, -0.2) is 14.8 Å². The average Bonchev–Trinajstić information content (AvgIpc) is 2.48. The number of carbonyl (C=O) groups excluding carboxylic acids is 1. The van der Waals surface area contributed by atoms with Crippen molar-refractivity contribution in [1.82, 2.24) is 14.9 Å². The van der Waals surface area contributed by atoms with Crippen molar-refractivity contribution in [3.05, 3.63) is 22.2 Å². The first kappa shape index (κ1) is 19.2. The van der Waals surface area contributed by atoms with E-state index in [0.717, 1.165) is 19.3 Å². The van der Waals surface area contributed by atoms with E-state index in [-0.39, 0.29) is 29.2 Å². The second kappa shape index (κ2) is 8.32. The first-order valence-electron chi connectivity index (χ1n) is 8.00. The first-order valence-corrected chi connectivity index (χ1v) is 8.76. The van der Waals surface area contributed by atoms with Crippen molar-refractivity contribution < 1.29 is 14.3 Å². The van der Waals surface area contributed by atoms with E-state index in [2.05, 4.69) is 9.97 Å². The first-order chi connectivity index (χ1) is 11.3. The minimum absolute atomic E-state index is 0.000550. The maximum Gasteiger partial charge on any atom is 0.410 e. The molecule has 1 aliphatic rings. The van der Waals surface area contributed by atoms with E-state index < -0.39 is 5.60 Å². The largest absolute Gasteiger partial charge is 0.444 e. The van der Waals surface area contributed by atoms with Gasteiger partial charge in [0, 0.05) is 18.3 Å². The molecule has 0 aromatic carbocycles. The van der Waals surface area contributed by atoms with Crippen LogP contribution in [0.25, 0.3) is 0 Å². The molecular formula is C16H23Cl2N3O3. The van der Waals surface area contributed by atoms with Crippen molar-refractivity contribution in [3.8, 4) is 0 Å². The molecule has 2 rings (SSSR count). The number of hydrogen-bond acceptors (Lipinski definition) is 5. The zero-order valence-electron chi connectivity index (χ0n) is 14.2. The van der Waals surface area contributed by atoms with Crippen LogP contribution in [-0.2, 0) is 16.1 Å². The van der Waals surface area contributed by atoms with Gasteiger partial charge in [-0.15, -0.1) is 0 Å². The third kappa shape index (κ3) is 5.76. The summed E-state index contributed by atoms with van der Waals surface area (Å²) in [5.74, 6) is 0. The standard InChI is InChI=1S/C16H23Cl2N3O3/c1-16(2,3)24-15(22)21-7-5-4-6-12(21)10-23-9-11-8-19-14(18)20-13(11)17/h8,12H,4-7,9-10H2,1-3H3/t12-/m1/s1. The Balaban J connectivity index is 1.90. The Labute approximate surface area is 152 Å². The minimum Gasteiger partial charge on any atom is -0.444 e. The molecule has 0 unspecified atom stereocenters. The highest BCUT2D eigenvalue weighted by atomic mass is 35.5. The number of nitrogens with zero attached hydrogens (tertiary/aromatic N) is 3. The lowest BCUT2D eigenvalue weighted by Crippen LogP contribution is -2.48. The Morgan fingerprint density at radius 1 is 1.38 bits per heavy atom. The van der Waals surface area contributed by atoms with Gasteiger partial charge in [-0.2, -0.15) is 0 Å². The van der Waals surface area contributed by atoms with Crippen LogP contribution in [0.1, 0.15) is 45.6 Å². The average molecular weight is 376 g/mol. The number of ether oxygens (including phenoxy) is 2. The van der Waals surface area contributed by atoms with Crippen LogP contribution in [0, 0.1) is 0 Å². The Bertz CT molecular complexity index is 578. The molecule has 0 saturated carbocycles. The highest BCUT2D eigenvalue weighted by Gasteiger charge is 2.30. The van der Waals surface area contributed by atoms with E-state index in [1.165, 1.54) is 0 Å². The lowest BCUT2D eigenvalue weighted by molar-refractivity contribution is -0.0100. The number of rotatable bonds is 4. The number of piperidine rings is 1. The summed E-state index contributed by atoms with van der Waals surface area (Å²) in [6.45, 7) is 6.97. The van der Waals surface area contributed by atoms with Crippen LogP contribution in [0.15, 0.2) is 6.20 Å². The third-order valence-corrected chi connectivity index (χ3v) is 4.11. The van der Waals surface area contributed by atoms with Crippen molar-refractivity contribution in [2.24, 2.45) is 0 Å². The van der Waals surface area contributed by atoms with Crippen molar-refractivity contribution in [2.45, 2.75) is 58.3 Å². The molecule has 1 fully saturated rings. The zero-order chi connectivity index (χ0) is 17.7. The molecule has 134 valence electrons. The second-order valence-electron chi connectivity index (χ2n) is 6.79. The van der Waals surface area contributed by atoms with Crippen molar-refractivity contribution in [3.63, 3.8) is 0 Å². The van der Waals surface area contributed by atoms with Crippen LogP contribution in [-0.4, -0.2) is 45.8 Å². The smallest absolute Gasteiger partial charge is 0.410 e. The minimum atomic E-state index is -0.506. The van der Waals surface area contributed by atoms with Gasteiger partial charge in [0.05, 0.1) is 19.3 Å². The molecule has 1 aromatic heterocycles.